The molecule has 1 rings (SSSR count). The van der Waals surface area contributed by atoms with Gasteiger partial charge in [-0.05, 0) is 6.92 Å². The number of carbonyl (C=O) groups is 4. The van der Waals surface area contributed by atoms with Gasteiger partial charge in [-0.2, -0.15) is 0 Å². The van der Waals surface area contributed by atoms with Crippen molar-refractivity contribution in [2.75, 3.05) is 6.61 Å². The number of alkyl halides is 1. The zero-order valence-corrected chi connectivity index (χ0v) is 15.2. The largest absolute Gasteiger partial charge is 0.455 e. The summed E-state index contributed by atoms with van der Waals surface area (Å²) in [5, 5.41) is -0.908. The first-order chi connectivity index (χ1) is 11.1. The lowest BCUT2D eigenvalue weighted by molar-refractivity contribution is -0.285. The lowest BCUT2D eigenvalue weighted by Gasteiger charge is -2.42. The van der Waals surface area contributed by atoms with Crippen molar-refractivity contribution in [3.05, 3.63) is 0 Å². The monoisotopic (exact) mass is 410 g/mol. The summed E-state index contributed by atoms with van der Waals surface area (Å²) in [6, 6.07) is 0. The number of esters is 3. The van der Waals surface area contributed by atoms with Gasteiger partial charge < -0.3 is 23.7 Å². The summed E-state index contributed by atoms with van der Waals surface area (Å²) in [5.74, 6) is -2.29. The molecule has 24 heavy (non-hydrogen) atoms. The molecular weight excluding hydrogens is 392 g/mol. The maximum absolute atomic E-state index is 11.4. The summed E-state index contributed by atoms with van der Waals surface area (Å²) in [7, 11) is 0. The summed E-state index contributed by atoms with van der Waals surface area (Å²) in [6.45, 7) is 4.48. The van der Waals surface area contributed by atoms with Gasteiger partial charge >= 0.3 is 17.9 Å². The van der Waals surface area contributed by atoms with Crippen molar-refractivity contribution in [3.8, 4) is 0 Å². The van der Waals surface area contributed by atoms with Gasteiger partial charge in [-0.15, -0.1) is 0 Å². The fourth-order valence-electron chi connectivity index (χ4n) is 2.06. The fourth-order valence-corrected chi connectivity index (χ4v) is 2.68. The zero-order chi connectivity index (χ0) is 18.4. The fraction of sp³-hybridized carbons (Fsp3) is 0.714. The molecule has 0 spiro atoms. The van der Waals surface area contributed by atoms with Crippen LogP contribution in [0.1, 0.15) is 27.7 Å². The van der Waals surface area contributed by atoms with Crippen LogP contribution in [0.2, 0.25) is 0 Å². The molecule has 0 aliphatic carbocycles. The molecule has 10 heteroatoms. The van der Waals surface area contributed by atoms with Crippen molar-refractivity contribution in [1.82, 2.24) is 0 Å². The van der Waals surface area contributed by atoms with Crippen LogP contribution in [0.25, 0.3) is 0 Å². The molecule has 9 nitrogen and oxygen atoms in total. The van der Waals surface area contributed by atoms with Gasteiger partial charge in [0.1, 0.15) is 6.61 Å². The van der Waals surface area contributed by atoms with E-state index in [0.29, 0.717) is 0 Å². The molecule has 0 unspecified atom stereocenters. The number of hydrogen-bond donors (Lipinski definition) is 0. The Morgan fingerprint density at radius 1 is 0.833 bits per heavy atom. The summed E-state index contributed by atoms with van der Waals surface area (Å²) >= 11 is 3.16. The van der Waals surface area contributed by atoms with Crippen LogP contribution in [-0.4, -0.2) is 59.9 Å². The lowest BCUT2D eigenvalue weighted by Crippen LogP contribution is -2.60. The molecule has 1 aliphatic heterocycles. The minimum atomic E-state index is -1.22. The highest BCUT2D eigenvalue weighted by atomic mass is 79.9. The van der Waals surface area contributed by atoms with E-state index in [9.17, 15) is 19.2 Å². The lowest BCUT2D eigenvalue weighted by atomic mass is 10.0. The molecule has 0 aromatic rings. The minimum absolute atomic E-state index is 0.280. The van der Waals surface area contributed by atoms with Gasteiger partial charge in [-0.1, -0.05) is 15.9 Å². The molecule has 0 bridgehead atoms. The molecule has 1 saturated heterocycles. The standard InChI is InChI=1S/C14H19BrO9/c1-6(16)5-20-14-12(23-9(4)19)10(21-7(2)17)11(13(15)24-14)22-8(3)18/h10-14H,5H2,1-4H3/t10-,11-,12+,13-,14+/m1/s1. The molecule has 0 radical (unpaired) electrons. The predicted octanol–water partition coefficient (Wildman–Crippen LogP) is 0.464. The van der Waals surface area contributed by atoms with E-state index in [0.717, 1.165) is 13.8 Å². The van der Waals surface area contributed by atoms with Crippen molar-refractivity contribution >= 4 is 39.6 Å². The van der Waals surface area contributed by atoms with Gasteiger partial charge in [0.25, 0.3) is 0 Å². The number of carbonyl (C=O) groups excluding carboxylic acids is 4. The van der Waals surface area contributed by atoms with Crippen LogP contribution >= 0.6 is 15.9 Å². The first-order valence-electron chi connectivity index (χ1n) is 7.04. The van der Waals surface area contributed by atoms with E-state index in [1.54, 1.807) is 0 Å². The number of ether oxygens (including phenoxy) is 5. The third kappa shape index (κ3) is 6.17. The van der Waals surface area contributed by atoms with E-state index in [1.807, 2.05) is 0 Å². The van der Waals surface area contributed by atoms with Crippen molar-refractivity contribution < 1.29 is 42.9 Å². The van der Waals surface area contributed by atoms with E-state index in [2.05, 4.69) is 15.9 Å². The summed E-state index contributed by atoms with van der Waals surface area (Å²) in [6.07, 6.45) is -4.67. The van der Waals surface area contributed by atoms with E-state index < -0.39 is 47.5 Å². The highest BCUT2D eigenvalue weighted by molar-refractivity contribution is 9.09. The van der Waals surface area contributed by atoms with Crippen LogP contribution in [0.15, 0.2) is 0 Å². The second-order valence-corrected chi connectivity index (χ2v) is 5.99. The number of ketones is 1. The van der Waals surface area contributed by atoms with Crippen molar-refractivity contribution in [1.29, 1.82) is 0 Å². The smallest absolute Gasteiger partial charge is 0.303 e. The van der Waals surface area contributed by atoms with Crippen LogP contribution in [0, 0.1) is 0 Å². The Kier molecular flexibility index (Phi) is 7.77. The van der Waals surface area contributed by atoms with Crippen LogP contribution in [-0.2, 0) is 42.9 Å². The van der Waals surface area contributed by atoms with Crippen LogP contribution in [0.4, 0.5) is 0 Å². The molecule has 0 aromatic heterocycles. The van der Waals surface area contributed by atoms with Gasteiger partial charge in [0.2, 0.25) is 6.29 Å². The molecule has 5 atom stereocenters. The van der Waals surface area contributed by atoms with Crippen molar-refractivity contribution in [2.45, 2.75) is 57.3 Å². The quantitative estimate of drug-likeness (QED) is 0.349. The minimum Gasteiger partial charge on any atom is -0.455 e. The Morgan fingerprint density at radius 2 is 1.29 bits per heavy atom. The number of rotatable bonds is 6. The summed E-state index contributed by atoms with van der Waals surface area (Å²) < 4.78 is 26.1. The van der Waals surface area contributed by atoms with Crippen LogP contribution in [0.5, 0.6) is 0 Å². The highest BCUT2D eigenvalue weighted by Gasteiger charge is 2.51. The van der Waals surface area contributed by atoms with E-state index in [4.69, 9.17) is 23.7 Å². The van der Waals surface area contributed by atoms with Gasteiger partial charge in [-0.25, -0.2) is 0 Å². The first-order valence-corrected chi connectivity index (χ1v) is 7.95. The Labute approximate surface area is 147 Å². The average Bonchev–Trinajstić information content (AvgIpc) is 2.42. The van der Waals surface area contributed by atoms with E-state index in [1.165, 1.54) is 13.8 Å². The molecule has 1 aliphatic rings. The third-order valence-electron chi connectivity index (χ3n) is 2.80. The zero-order valence-electron chi connectivity index (χ0n) is 13.6. The average molecular weight is 411 g/mol. The van der Waals surface area contributed by atoms with Gasteiger partial charge in [0.15, 0.2) is 29.1 Å². The SMILES string of the molecule is CC(=O)CO[C@H]1O[C@@H](Br)[C@H](OC(C)=O)[C@@H](OC(C)=O)[C@@H]1OC(C)=O. The third-order valence-corrected chi connectivity index (χ3v) is 3.53. The summed E-state index contributed by atoms with van der Waals surface area (Å²) in [5.41, 5.74) is 0. The predicted molar refractivity (Wildman–Crippen MR) is 80.9 cm³/mol. The molecule has 0 amide bonds. The molecule has 0 aromatic carbocycles. The Balaban J connectivity index is 3.11. The maximum Gasteiger partial charge on any atom is 0.303 e. The van der Waals surface area contributed by atoms with Crippen LogP contribution < -0.4 is 0 Å². The van der Waals surface area contributed by atoms with Crippen LogP contribution in [0.3, 0.4) is 0 Å². The van der Waals surface area contributed by atoms with Crippen molar-refractivity contribution in [2.24, 2.45) is 0 Å². The van der Waals surface area contributed by atoms with Gasteiger partial charge in [-0.3, -0.25) is 19.2 Å². The topological polar surface area (TPSA) is 114 Å². The second-order valence-electron chi connectivity index (χ2n) is 5.09. The Bertz CT molecular complexity index is 506. The molecule has 1 fully saturated rings. The van der Waals surface area contributed by atoms with Crippen molar-refractivity contribution in [3.63, 3.8) is 0 Å². The number of halogens is 1. The summed E-state index contributed by atoms with van der Waals surface area (Å²) in [4.78, 5) is 45.2. The first kappa shape index (κ1) is 20.5. The van der Waals surface area contributed by atoms with Gasteiger partial charge in [0.05, 0.1) is 0 Å². The normalized spacial score (nSPS) is 29.5. The molecular formula is C14H19BrO9. The Morgan fingerprint density at radius 3 is 1.75 bits per heavy atom. The van der Waals surface area contributed by atoms with E-state index >= 15 is 0 Å². The Hall–Kier alpha value is -1.52. The molecule has 0 saturated carbocycles. The number of hydrogen-bond acceptors (Lipinski definition) is 9. The number of Topliss-reactive ketones (excluding diaryl/α,β-unsaturated/α-hetero) is 1. The van der Waals surface area contributed by atoms with Gasteiger partial charge in [0, 0.05) is 20.8 Å². The maximum atomic E-state index is 11.4. The van der Waals surface area contributed by atoms with E-state index in [-0.39, 0.29) is 12.4 Å². The molecule has 136 valence electrons. The molecule has 0 N–H and O–H groups in total. The second kappa shape index (κ2) is 9.09. The highest BCUT2D eigenvalue weighted by Crippen LogP contribution is 2.31. The molecule has 1 heterocycles.